The molecule has 1 aromatic heterocycles. The van der Waals surface area contributed by atoms with E-state index < -0.39 is 201 Å². The molecule has 0 radical (unpaired) electrons. The summed E-state index contributed by atoms with van der Waals surface area (Å²) in [5.74, 6) is -54.1. The Morgan fingerprint density at radius 2 is 0.340 bits per heavy atom. The lowest BCUT2D eigenvalue weighted by atomic mass is 10.3. The standard InChI is InChI=1S/C28F20S5/c29-1-5(33)13(41)21(14(42)6(1)34)49-25-26(50-22-15(43)7(35)2(30)8(36)16(22)44)28(52-24-19(47)11(39)4(32)12(40)20(24)48)53-27(25)51-23-17(45)9(37)3(31)10(38)18(23)46. The SMILES string of the molecule is Fc1c(F)c(F)c(Sc2sc(Sc3c(F)c(F)c(F)c(F)c3F)c(Sc3c(F)c(F)c(F)c(F)c3F)c2Sc2c(F)c(F)c(F)c(F)c2F)c(F)c1F. The molecule has 0 fully saturated rings. The van der Waals surface area contributed by atoms with Gasteiger partial charge >= 0.3 is 0 Å². The summed E-state index contributed by atoms with van der Waals surface area (Å²) in [4.78, 5) is -10.7. The second-order valence-corrected chi connectivity index (χ2v) is 15.0. The fourth-order valence-electron chi connectivity index (χ4n) is 3.76. The van der Waals surface area contributed by atoms with E-state index in [1.54, 1.807) is 0 Å². The van der Waals surface area contributed by atoms with Crippen molar-refractivity contribution in [2.45, 2.75) is 37.8 Å². The summed E-state index contributed by atoms with van der Waals surface area (Å²) in [5.41, 5.74) is 0. The molecule has 5 aromatic rings. The molecule has 0 unspecified atom stereocenters. The molecule has 0 bridgehead atoms. The Kier molecular flexibility index (Phi) is 11.5. The van der Waals surface area contributed by atoms with Crippen molar-refractivity contribution < 1.29 is 87.8 Å². The van der Waals surface area contributed by atoms with E-state index in [4.69, 9.17) is 0 Å². The predicted molar refractivity (Wildman–Crippen MR) is 146 cm³/mol. The van der Waals surface area contributed by atoms with Crippen molar-refractivity contribution in [2.24, 2.45) is 0 Å². The lowest BCUT2D eigenvalue weighted by molar-refractivity contribution is 0.360. The van der Waals surface area contributed by atoms with Crippen LogP contribution in [0.3, 0.4) is 0 Å². The normalized spacial score (nSPS) is 11.7. The van der Waals surface area contributed by atoms with Crippen molar-refractivity contribution >= 4 is 58.4 Å². The fourth-order valence-corrected chi connectivity index (χ4v) is 10.5. The van der Waals surface area contributed by atoms with Gasteiger partial charge in [0, 0.05) is 0 Å². The number of thiophene rings is 1. The van der Waals surface area contributed by atoms with Crippen molar-refractivity contribution in [1.29, 1.82) is 0 Å². The minimum absolute atomic E-state index is 0.345. The lowest BCUT2D eigenvalue weighted by Gasteiger charge is -2.13. The van der Waals surface area contributed by atoms with E-state index in [9.17, 15) is 87.8 Å². The summed E-state index contributed by atoms with van der Waals surface area (Å²) in [6.45, 7) is 0. The topological polar surface area (TPSA) is 0 Å². The average molecular weight is 877 g/mol. The van der Waals surface area contributed by atoms with Gasteiger partial charge < -0.3 is 0 Å². The van der Waals surface area contributed by atoms with Crippen LogP contribution in [0.25, 0.3) is 0 Å². The summed E-state index contributed by atoms with van der Waals surface area (Å²) < 4.78 is 284. The zero-order valence-electron chi connectivity index (χ0n) is 23.6. The lowest BCUT2D eigenvalue weighted by Crippen LogP contribution is -2.04. The Bertz CT molecular complexity index is 2100. The van der Waals surface area contributed by atoms with E-state index in [0.29, 0.717) is 0 Å². The van der Waals surface area contributed by atoms with Crippen LogP contribution in [0.2, 0.25) is 0 Å². The highest BCUT2D eigenvalue weighted by Crippen LogP contribution is 2.58. The molecule has 5 rings (SSSR count). The highest BCUT2D eigenvalue weighted by Gasteiger charge is 2.36. The van der Waals surface area contributed by atoms with Gasteiger partial charge in [-0.1, -0.05) is 47.0 Å². The fraction of sp³-hybridized carbons (Fsp3) is 0. The Balaban J connectivity index is 1.90. The third kappa shape index (κ3) is 6.79. The molecule has 0 saturated carbocycles. The quantitative estimate of drug-likeness (QED) is 0.0865. The van der Waals surface area contributed by atoms with Crippen LogP contribution in [-0.4, -0.2) is 0 Å². The molecule has 25 heteroatoms. The van der Waals surface area contributed by atoms with Crippen LogP contribution in [0, 0.1) is 116 Å². The first-order chi connectivity index (χ1) is 24.6. The van der Waals surface area contributed by atoms with Crippen molar-refractivity contribution in [1.82, 2.24) is 0 Å². The number of rotatable bonds is 8. The van der Waals surface area contributed by atoms with Crippen molar-refractivity contribution in [3.63, 3.8) is 0 Å². The highest BCUT2D eigenvalue weighted by molar-refractivity contribution is 8.07. The number of benzene rings is 4. The van der Waals surface area contributed by atoms with E-state index in [1.165, 1.54) is 0 Å². The van der Waals surface area contributed by atoms with E-state index in [0.717, 1.165) is 0 Å². The second-order valence-electron chi connectivity index (χ2n) is 9.34. The van der Waals surface area contributed by atoms with Crippen molar-refractivity contribution in [2.75, 3.05) is 0 Å². The van der Waals surface area contributed by atoms with E-state index in [2.05, 4.69) is 0 Å². The number of hydrogen-bond donors (Lipinski definition) is 0. The van der Waals surface area contributed by atoms with Crippen LogP contribution >= 0.6 is 58.4 Å². The first-order valence-electron chi connectivity index (χ1n) is 12.6. The van der Waals surface area contributed by atoms with E-state index in [1.807, 2.05) is 0 Å². The molecule has 0 aliphatic carbocycles. The second kappa shape index (κ2) is 15.0. The summed E-state index contributed by atoms with van der Waals surface area (Å²) in [5, 5.41) is 0. The predicted octanol–water partition coefficient (Wildman–Crippen LogP) is 13.1. The van der Waals surface area contributed by atoms with Crippen LogP contribution in [0.5, 0.6) is 0 Å². The summed E-state index contributed by atoms with van der Waals surface area (Å²) in [7, 11) is 0. The smallest absolute Gasteiger partial charge is 0.200 e. The zero-order valence-corrected chi connectivity index (χ0v) is 27.7. The Morgan fingerprint density at radius 1 is 0.189 bits per heavy atom. The Morgan fingerprint density at radius 3 is 0.528 bits per heavy atom. The molecular formula is C28F20S5. The van der Waals surface area contributed by atoms with Gasteiger partial charge in [-0.3, -0.25) is 0 Å². The molecule has 4 aromatic carbocycles. The molecule has 53 heavy (non-hydrogen) atoms. The average Bonchev–Trinajstić information content (AvgIpc) is 3.45. The third-order valence-electron chi connectivity index (χ3n) is 6.24. The molecule has 0 aliphatic heterocycles. The van der Waals surface area contributed by atoms with Gasteiger partial charge in [0.25, 0.3) is 0 Å². The Labute approximate surface area is 299 Å². The van der Waals surface area contributed by atoms with Gasteiger partial charge in [0.15, 0.2) is 93.1 Å². The maximum absolute atomic E-state index is 14.9. The van der Waals surface area contributed by atoms with Gasteiger partial charge in [-0.05, 0) is 0 Å². The molecular weight excluding hydrogens is 877 g/mol. The van der Waals surface area contributed by atoms with Gasteiger partial charge in [0.1, 0.15) is 0 Å². The largest absolute Gasteiger partial charge is 0.202 e. The minimum atomic E-state index is -2.79. The molecule has 282 valence electrons. The summed E-state index contributed by atoms with van der Waals surface area (Å²) >= 11 is -3.29. The van der Waals surface area contributed by atoms with E-state index in [-0.39, 0.29) is 11.3 Å². The van der Waals surface area contributed by atoms with E-state index >= 15 is 0 Å². The molecule has 1 heterocycles. The number of hydrogen-bond acceptors (Lipinski definition) is 5. The third-order valence-corrected chi connectivity index (χ3v) is 12.9. The first-order valence-corrected chi connectivity index (χ1v) is 16.7. The molecule has 0 atom stereocenters. The molecule has 0 spiro atoms. The van der Waals surface area contributed by atoms with Crippen molar-refractivity contribution in [3.05, 3.63) is 116 Å². The van der Waals surface area contributed by atoms with Crippen LogP contribution in [0.15, 0.2) is 37.8 Å². The summed E-state index contributed by atoms with van der Waals surface area (Å²) in [6, 6.07) is 0. The van der Waals surface area contributed by atoms with Crippen LogP contribution < -0.4 is 0 Å². The van der Waals surface area contributed by atoms with Gasteiger partial charge in [0.05, 0.1) is 37.8 Å². The van der Waals surface area contributed by atoms with Gasteiger partial charge in [-0.2, -0.15) is 0 Å². The Hall–Kier alpha value is -3.42. The van der Waals surface area contributed by atoms with Crippen LogP contribution in [0.1, 0.15) is 0 Å². The van der Waals surface area contributed by atoms with Gasteiger partial charge in [-0.25, -0.2) is 87.8 Å². The number of halogens is 20. The monoisotopic (exact) mass is 876 g/mol. The molecule has 0 nitrogen and oxygen atoms in total. The van der Waals surface area contributed by atoms with Gasteiger partial charge in [-0.15, -0.1) is 11.3 Å². The maximum Gasteiger partial charge on any atom is 0.200 e. The van der Waals surface area contributed by atoms with Crippen LogP contribution in [0.4, 0.5) is 87.8 Å². The maximum atomic E-state index is 14.9. The van der Waals surface area contributed by atoms with Gasteiger partial charge in [0.2, 0.25) is 23.3 Å². The minimum Gasteiger partial charge on any atom is -0.202 e. The first kappa shape index (κ1) is 40.8. The highest BCUT2D eigenvalue weighted by atomic mass is 32.2. The summed E-state index contributed by atoms with van der Waals surface area (Å²) in [6.07, 6.45) is 0. The molecule has 0 aliphatic rings. The molecule has 0 saturated heterocycles. The zero-order chi connectivity index (χ0) is 39.7. The van der Waals surface area contributed by atoms with Crippen molar-refractivity contribution in [3.8, 4) is 0 Å². The molecule has 0 N–H and O–H groups in total. The molecule has 0 amide bonds. The van der Waals surface area contributed by atoms with Crippen LogP contribution in [-0.2, 0) is 0 Å².